The first-order chi connectivity index (χ1) is 16.0. The van der Waals surface area contributed by atoms with Gasteiger partial charge in [0.15, 0.2) is 11.8 Å². The lowest BCUT2D eigenvalue weighted by atomic mass is 9.94. The van der Waals surface area contributed by atoms with Crippen molar-refractivity contribution in [3.05, 3.63) is 16.1 Å². The van der Waals surface area contributed by atoms with Crippen molar-refractivity contribution in [3.63, 3.8) is 0 Å². The smallest absolute Gasteiger partial charge is 0.355 e. The molecule has 2 N–H and O–H groups in total. The summed E-state index contributed by atoms with van der Waals surface area (Å²) in [5, 5.41) is 21.5. The van der Waals surface area contributed by atoms with Crippen LogP contribution in [0.15, 0.2) is 5.38 Å². The van der Waals surface area contributed by atoms with Crippen molar-refractivity contribution in [1.29, 1.82) is 0 Å². The van der Waals surface area contributed by atoms with Crippen LogP contribution in [0.5, 0.6) is 0 Å². The number of amides is 1. The van der Waals surface area contributed by atoms with Gasteiger partial charge in [0.2, 0.25) is 0 Å². The fourth-order valence-electron chi connectivity index (χ4n) is 4.31. The highest BCUT2D eigenvalue weighted by atomic mass is 32.1. The van der Waals surface area contributed by atoms with Gasteiger partial charge in [-0.3, -0.25) is 14.5 Å². The Hall–Kier alpha value is -2.04. The van der Waals surface area contributed by atoms with Crippen LogP contribution in [-0.4, -0.2) is 81.7 Å². The number of aliphatic hydroxyl groups excluding tert-OH is 1. The normalized spacial score (nSPS) is 20.4. The Morgan fingerprint density at radius 3 is 2.50 bits per heavy atom. The summed E-state index contributed by atoms with van der Waals surface area (Å²) in [4.78, 5) is 45.2. The van der Waals surface area contributed by atoms with Crippen LogP contribution in [0.2, 0.25) is 0 Å². The highest BCUT2D eigenvalue weighted by Gasteiger charge is 2.38. The maximum atomic E-state index is 13.6. The van der Waals surface area contributed by atoms with Gasteiger partial charge in [-0.2, -0.15) is 0 Å². The molecule has 0 aliphatic carbocycles. The topological polar surface area (TPSA) is 120 Å². The number of carboxylic acid groups (broad SMARTS) is 1. The number of ether oxygens (including phenoxy) is 1. The van der Waals surface area contributed by atoms with E-state index in [0.29, 0.717) is 11.4 Å². The molecule has 1 saturated heterocycles. The monoisotopic (exact) mass is 497 g/mol. The van der Waals surface area contributed by atoms with Crippen LogP contribution in [0.1, 0.15) is 81.4 Å². The first-order valence-electron chi connectivity index (χ1n) is 12.0. The molecule has 0 bridgehead atoms. The second-order valence-corrected chi connectivity index (χ2v) is 10.5. The number of hydrogen-bond donors (Lipinski definition) is 2. The van der Waals surface area contributed by atoms with Gasteiger partial charge in [-0.25, -0.2) is 9.78 Å². The second-order valence-electron chi connectivity index (χ2n) is 9.62. The molecule has 1 aliphatic heterocycles. The molecule has 34 heavy (non-hydrogen) atoms. The van der Waals surface area contributed by atoms with Gasteiger partial charge in [-0.15, -0.1) is 11.3 Å². The first-order valence-corrected chi connectivity index (χ1v) is 12.9. The summed E-state index contributed by atoms with van der Waals surface area (Å²) >= 11 is 1.08. The molecule has 5 atom stereocenters. The van der Waals surface area contributed by atoms with E-state index in [-0.39, 0.29) is 47.9 Å². The molecule has 0 saturated carbocycles. The van der Waals surface area contributed by atoms with Gasteiger partial charge in [0.1, 0.15) is 17.2 Å². The van der Waals surface area contributed by atoms with Gasteiger partial charge < -0.3 is 19.8 Å². The molecule has 9 nitrogen and oxygen atoms in total. The minimum atomic E-state index is -1.15. The van der Waals surface area contributed by atoms with Gasteiger partial charge in [0, 0.05) is 30.8 Å². The Morgan fingerprint density at radius 2 is 1.97 bits per heavy atom. The van der Waals surface area contributed by atoms with Gasteiger partial charge in [0.25, 0.3) is 5.91 Å². The van der Waals surface area contributed by atoms with Crippen LogP contribution in [0, 0.1) is 11.8 Å². The number of likely N-dealkylation sites (N-methyl/N-ethyl adjacent to an activating group) is 2. The maximum Gasteiger partial charge on any atom is 0.355 e. The molecular weight excluding hydrogens is 458 g/mol. The van der Waals surface area contributed by atoms with Gasteiger partial charge >= 0.3 is 11.9 Å². The van der Waals surface area contributed by atoms with E-state index < -0.39 is 18.2 Å². The lowest BCUT2D eigenvalue weighted by Crippen LogP contribution is -2.51. The Balaban J connectivity index is 2.16. The number of aromatic nitrogens is 1. The maximum absolute atomic E-state index is 13.6. The van der Waals surface area contributed by atoms with E-state index in [1.54, 1.807) is 11.9 Å². The molecule has 1 aliphatic rings. The summed E-state index contributed by atoms with van der Waals surface area (Å²) in [6, 6.07) is -0.697. The predicted octanol–water partition coefficient (Wildman–Crippen LogP) is 3.19. The SMILES string of the molecule is CC[C@H](C)[C@H](OC(=O)[C@H]1CCCCN1C)C(=O)N(C)[C@H](C[C@@H](O)c1nc(C(=O)O)cs1)C(C)C. The molecule has 1 aromatic heterocycles. The third kappa shape index (κ3) is 6.99. The number of nitrogens with zero attached hydrogens (tertiary/aromatic N) is 3. The van der Waals surface area contributed by atoms with Gasteiger partial charge in [-0.05, 0) is 38.8 Å². The van der Waals surface area contributed by atoms with Crippen molar-refractivity contribution >= 4 is 29.2 Å². The Kier molecular flexibility index (Phi) is 10.5. The molecular formula is C24H39N3O6S. The van der Waals surface area contributed by atoms with Crippen molar-refractivity contribution in [3.8, 4) is 0 Å². The van der Waals surface area contributed by atoms with Crippen molar-refractivity contribution in [2.45, 2.75) is 84.1 Å². The highest BCUT2D eigenvalue weighted by molar-refractivity contribution is 7.09. The molecule has 0 aromatic carbocycles. The fraction of sp³-hybridized carbons (Fsp3) is 0.750. The van der Waals surface area contributed by atoms with Crippen LogP contribution in [0.4, 0.5) is 0 Å². The zero-order valence-corrected chi connectivity index (χ0v) is 21.9. The zero-order valence-electron chi connectivity index (χ0n) is 21.1. The largest absolute Gasteiger partial charge is 0.476 e. The van der Waals surface area contributed by atoms with E-state index in [9.17, 15) is 19.5 Å². The van der Waals surface area contributed by atoms with Crippen molar-refractivity contribution in [2.24, 2.45) is 11.8 Å². The molecule has 2 rings (SSSR count). The number of aromatic carboxylic acids is 1. The van der Waals surface area contributed by atoms with Crippen molar-refractivity contribution in [1.82, 2.24) is 14.8 Å². The van der Waals surface area contributed by atoms with E-state index >= 15 is 0 Å². The molecule has 1 aromatic rings. The average molecular weight is 498 g/mol. The zero-order chi connectivity index (χ0) is 25.6. The third-order valence-electron chi connectivity index (χ3n) is 6.80. The van der Waals surface area contributed by atoms with E-state index in [1.165, 1.54) is 5.38 Å². The number of carboxylic acids is 1. The standard InChI is InChI=1S/C24H39N3O6S/c1-7-15(4)20(33-24(32)17-10-8-9-11-26(17)5)22(29)27(6)18(14(2)3)12-19(28)21-25-16(13-34-21)23(30)31/h13-15,17-20,28H,7-12H2,1-6H3,(H,30,31)/t15-,17+,18+,19+,20-/m0/s1. The molecule has 0 unspecified atom stereocenters. The minimum Gasteiger partial charge on any atom is -0.476 e. The molecule has 1 amide bonds. The van der Waals surface area contributed by atoms with E-state index in [0.717, 1.165) is 37.1 Å². The highest BCUT2D eigenvalue weighted by Crippen LogP contribution is 2.28. The number of carbonyl (C=O) groups excluding carboxylic acids is 2. The number of aliphatic hydroxyl groups is 1. The summed E-state index contributed by atoms with van der Waals surface area (Å²) in [7, 11) is 3.57. The number of carbonyl (C=O) groups is 3. The van der Waals surface area contributed by atoms with Crippen LogP contribution in [-0.2, 0) is 14.3 Å². The summed E-state index contributed by atoms with van der Waals surface area (Å²) < 4.78 is 5.84. The summed E-state index contributed by atoms with van der Waals surface area (Å²) in [5.74, 6) is -1.97. The van der Waals surface area contributed by atoms with Gasteiger partial charge in [0.05, 0.1) is 0 Å². The Bertz CT molecular complexity index is 844. The lowest BCUT2D eigenvalue weighted by molar-refractivity contribution is -0.169. The molecule has 1 fully saturated rings. The minimum absolute atomic E-state index is 0.000249. The molecule has 2 heterocycles. The molecule has 192 valence electrons. The van der Waals surface area contributed by atoms with Crippen molar-refractivity contribution in [2.75, 3.05) is 20.6 Å². The number of piperidine rings is 1. The van der Waals surface area contributed by atoms with E-state index in [4.69, 9.17) is 9.84 Å². The number of thiazole rings is 1. The molecule has 0 spiro atoms. The van der Waals surface area contributed by atoms with Crippen LogP contribution in [0.3, 0.4) is 0 Å². The third-order valence-corrected chi connectivity index (χ3v) is 7.74. The van der Waals surface area contributed by atoms with Crippen LogP contribution < -0.4 is 0 Å². The van der Waals surface area contributed by atoms with E-state index in [1.807, 2.05) is 39.6 Å². The average Bonchev–Trinajstić information content (AvgIpc) is 3.30. The van der Waals surface area contributed by atoms with E-state index in [2.05, 4.69) is 4.98 Å². The van der Waals surface area contributed by atoms with Crippen LogP contribution in [0.25, 0.3) is 0 Å². The number of hydrogen-bond acceptors (Lipinski definition) is 8. The predicted molar refractivity (Wildman–Crippen MR) is 130 cm³/mol. The number of rotatable bonds is 11. The fourth-order valence-corrected chi connectivity index (χ4v) is 5.10. The van der Waals surface area contributed by atoms with Crippen LogP contribution >= 0.6 is 11.3 Å². The Labute approximate surface area is 206 Å². The molecule has 0 radical (unpaired) electrons. The summed E-state index contributed by atoms with van der Waals surface area (Å²) in [6.45, 7) is 8.59. The Morgan fingerprint density at radius 1 is 1.29 bits per heavy atom. The van der Waals surface area contributed by atoms with Gasteiger partial charge in [-0.1, -0.05) is 34.1 Å². The number of likely N-dealkylation sites (tertiary alicyclic amines) is 1. The summed E-state index contributed by atoms with van der Waals surface area (Å²) in [5.41, 5.74) is -0.110. The summed E-state index contributed by atoms with van der Waals surface area (Å²) in [6.07, 6.45) is 1.67. The van der Waals surface area contributed by atoms with Crippen molar-refractivity contribution < 1.29 is 29.3 Å². The quantitative estimate of drug-likeness (QED) is 0.447. The lowest BCUT2D eigenvalue weighted by Gasteiger charge is -2.37. The second kappa shape index (κ2) is 12.6. The molecule has 10 heteroatoms. The number of esters is 1. The first kappa shape index (κ1) is 28.2.